The summed E-state index contributed by atoms with van der Waals surface area (Å²) in [5, 5.41) is 11.0. The third-order valence-electron chi connectivity index (χ3n) is 4.27. The number of hydrogen-bond donors (Lipinski definition) is 2. The lowest BCUT2D eigenvalue weighted by molar-refractivity contribution is -0.126. The van der Waals surface area contributed by atoms with Crippen molar-refractivity contribution in [3.05, 3.63) is 24.3 Å². The maximum Gasteiger partial charge on any atom is 0.229 e. The Morgan fingerprint density at radius 3 is 3.04 bits per heavy atom. The Kier molecular flexibility index (Phi) is 5.33. The van der Waals surface area contributed by atoms with Gasteiger partial charge in [0.15, 0.2) is 5.82 Å². The predicted octanol–water partition coefficient (Wildman–Crippen LogP) is 1.85. The molecule has 2 heterocycles. The molecule has 2 N–H and O–H groups in total. The highest BCUT2D eigenvalue weighted by Crippen LogP contribution is 2.29. The molecule has 3 rings (SSSR count). The van der Waals surface area contributed by atoms with Crippen molar-refractivity contribution in [3.8, 4) is 0 Å². The van der Waals surface area contributed by atoms with E-state index in [-0.39, 0.29) is 30.3 Å². The van der Waals surface area contributed by atoms with E-state index in [1.165, 1.54) is 0 Å². The smallest absolute Gasteiger partial charge is 0.229 e. The lowest BCUT2D eigenvalue weighted by atomic mass is 10.1. The fourth-order valence-electron chi connectivity index (χ4n) is 2.99. The highest BCUT2D eigenvalue weighted by molar-refractivity contribution is 6.05. The molecule has 1 aliphatic rings. The average molecular weight is 344 g/mol. The number of anilines is 1. The van der Waals surface area contributed by atoms with Crippen molar-refractivity contribution in [1.29, 1.82) is 0 Å². The first kappa shape index (κ1) is 17.4. The number of fused-ring (bicyclic) bond motifs is 1. The second kappa shape index (κ2) is 7.65. The Bertz CT molecular complexity index is 756. The Morgan fingerprint density at radius 1 is 1.44 bits per heavy atom. The van der Waals surface area contributed by atoms with Gasteiger partial charge in [0.05, 0.1) is 17.5 Å². The summed E-state index contributed by atoms with van der Waals surface area (Å²) >= 11 is 0. The summed E-state index contributed by atoms with van der Waals surface area (Å²) in [6.07, 6.45) is 1.17. The van der Waals surface area contributed by atoms with Gasteiger partial charge in [-0.2, -0.15) is 5.10 Å². The number of ether oxygens (including phenoxy) is 1. The number of para-hydroxylation sites is 1. The molecule has 0 spiro atoms. The molecule has 0 saturated carbocycles. The number of nitrogens with one attached hydrogen (secondary N) is 2. The molecular weight excluding hydrogens is 320 g/mol. The van der Waals surface area contributed by atoms with Crippen molar-refractivity contribution in [3.63, 3.8) is 0 Å². The molecule has 7 nitrogen and oxygen atoms in total. The maximum atomic E-state index is 12.4. The molecule has 1 aromatic carbocycles. The van der Waals surface area contributed by atoms with E-state index in [9.17, 15) is 9.59 Å². The van der Waals surface area contributed by atoms with E-state index in [2.05, 4.69) is 15.5 Å². The standard InChI is InChI=1S/C18H24N4O3/c1-12(2)25-9-5-8-19-18(24)13-10-16(23)22(11-13)17-14-6-3-4-7-15(14)20-21-17/h3-4,6-7,12-13H,5,8-11H2,1-2H3,(H,19,24)(H,20,21). The van der Waals surface area contributed by atoms with Crippen LogP contribution in [0.15, 0.2) is 24.3 Å². The number of nitrogens with zero attached hydrogens (tertiary/aromatic N) is 2. The number of carbonyl (C=O) groups is 2. The lowest BCUT2D eigenvalue weighted by Gasteiger charge is -2.14. The number of carbonyl (C=O) groups excluding carboxylic acids is 2. The van der Waals surface area contributed by atoms with Gasteiger partial charge in [0.1, 0.15) is 0 Å². The number of H-pyrrole nitrogens is 1. The highest BCUT2D eigenvalue weighted by atomic mass is 16.5. The van der Waals surface area contributed by atoms with E-state index in [1.54, 1.807) is 4.90 Å². The predicted molar refractivity (Wildman–Crippen MR) is 95.3 cm³/mol. The zero-order chi connectivity index (χ0) is 17.8. The highest BCUT2D eigenvalue weighted by Gasteiger charge is 2.36. The molecular formula is C18H24N4O3. The molecule has 1 aliphatic heterocycles. The second-order valence-corrected chi connectivity index (χ2v) is 6.56. The van der Waals surface area contributed by atoms with Gasteiger partial charge < -0.3 is 10.1 Å². The van der Waals surface area contributed by atoms with Gasteiger partial charge in [0, 0.05) is 31.5 Å². The van der Waals surface area contributed by atoms with Crippen molar-refractivity contribution < 1.29 is 14.3 Å². The Morgan fingerprint density at radius 2 is 2.24 bits per heavy atom. The summed E-state index contributed by atoms with van der Waals surface area (Å²) in [4.78, 5) is 26.3. The van der Waals surface area contributed by atoms with Gasteiger partial charge in [-0.05, 0) is 32.4 Å². The van der Waals surface area contributed by atoms with E-state index < -0.39 is 0 Å². The van der Waals surface area contributed by atoms with Gasteiger partial charge in [-0.1, -0.05) is 12.1 Å². The molecule has 1 atom stereocenters. The van der Waals surface area contributed by atoms with Gasteiger partial charge in [-0.15, -0.1) is 0 Å². The van der Waals surface area contributed by atoms with Gasteiger partial charge in [-0.25, -0.2) is 0 Å². The zero-order valence-electron chi connectivity index (χ0n) is 14.6. The van der Waals surface area contributed by atoms with Crippen LogP contribution < -0.4 is 10.2 Å². The second-order valence-electron chi connectivity index (χ2n) is 6.56. The number of benzene rings is 1. The quantitative estimate of drug-likeness (QED) is 0.751. The van der Waals surface area contributed by atoms with Crippen LogP contribution in [0.25, 0.3) is 10.9 Å². The van der Waals surface area contributed by atoms with E-state index in [1.807, 2.05) is 38.1 Å². The van der Waals surface area contributed by atoms with Crippen LogP contribution in [0.4, 0.5) is 5.82 Å². The van der Waals surface area contributed by atoms with Crippen LogP contribution in [-0.4, -0.2) is 47.8 Å². The molecule has 2 aromatic rings. The summed E-state index contributed by atoms with van der Waals surface area (Å²) in [5.41, 5.74) is 0.878. The Balaban J connectivity index is 1.56. The van der Waals surface area contributed by atoms with Gasteiger partial charge >= 0.3 is 0 Å². The number of hydrogen-bond acceptors (Lipinski definition) is 4. The topological polar surface area (TPSA) is 87.3 Å². The monoisotopic (exact) mass is 344 g/mol. The van der Waals surface area contributed by atoms with E-state index >= 15 is 0 Å². The minimum atomic E-state index is -0.339. The zero-order valence-corrected chi connectivity index (χ0v) is 14.6. The first-order valence-electron chi connectivity index (χ1n) is 8.69. The van der Waals surface area contributed by atoms with Crippen LogP contribution in [0, 0.1) is 5.92 Å². The number of amides is 2. The number of aromatic nitrogens is 2. The van der Waals surface area contributed by atoms with Crippen molar-refractivity contribution in [2.24, 2.45) is 5.92 Å². The van der Waals surface area contributed by atoms with Gasteiger partial charge in [-0.3, -0.25) is 19.6 Å². The van der Waals surface area contributed by atoms with E-state index in [4.69, 9.17) is 4.74 Å². The van der Waals surface area contributed by atoms with Crippen LogP contribution in [0.2, 0.25) is 0 Å². The lowest BCUT2D eigenvalue weighted by Crippen LogP contribution is -2.34. The Labute approximate surface area is 146 Å². The van der Waals surface area contributed by atoms with Crippen LogP contribution in [-0.2, 0) is 14.3 Å². The molecule has 1 aromatic heterocycles. The average Bonchev–Trinajstić information content (AvgIpc) is 3.17. The third kappa shape index (κ3) is 3.99. The number of rotatable bonds is 7. The molecule has 0 bridgehead atoms. The van der Waals surface area contributed by atoms with Crippen molar-refractivity contribution >= 4 is 28.5 Å². The maximum absolute atomic E-state index is 12.4. The molecule has 25 heavy (non-hydrogen) atoms. The van der Waals surface area contributed by atoms with E-state index in [0.717, 1.165) is 17.3 Å². The van der Waals surface area contributed by atoms with Crippen LogP contribution in [0.3, 0.4) is 0 Å². The van der Waals surface area contributed by atoms with Crippen LogP contribution in [0.1, 0.15) is 26.7 Å². The van der Waals surface area contributed by atoms with Crippen LogP contribution in [0.5, 0.6) is 0 Å². The van der Waals surface area contributed by atoms with Gasteiger partial charge in [0.2, 0.25) is 11.8 Å². The minimum absolute atomic E-state index is 0.0689. The Hall–Kier alpha value is -2.41. The van der Waals surface area contributed by atoms with Crippen molar-refractivity contribution in [1.82, 2.24) is 15.5 Å². The number of aromatic amines is 1. The first-order chi connectivity index (χ1) is 12.1. The third-order valence-corrected chi connectivity index (χ3v) is 4.27. The molecule has 1 saturated heterocycles. The normalized spacial score (nSPS) is 17.6. The molecule has 1 unspecified atom stereocenters. The summed E-state index contributed by atoms with van der Waals surface area (Å²) in [6, 6.07) is 7.65. The fourth-order valence-corrected chi connectivity index (χ4v) is 2.99. The fraction of sp³-hybridized carbons (Fsp3) is 0.500. The first-order valence-corrected chi connectivity index (χ1v) is 8.69. The summed E-state index contributed by atoms with van der Waals surface area (Å²) in [7, 11) is 0. The minimum Gasteiger partial charge on any atom is -0.379 e. The summed E-state index contributed by atoms with van der Waals surface area (Å²) in [5.74, 6) is 0.107. The molecule has 7 heteroatoms. The molecule has 2 amide bonds. The molecule has 0 radical (unpaired) electrons. The molecule has 134 valence electrons. The van der Waals surface area contributed by atoms with Crippen molar-refractivity contribution in [2.45, 2.75) is 32.8 Å². The van der Waals surface area contributed by atoms with Gasteiger partial charge in [0.25, 0.3) is 0 Å². The van der Waals surface area contributed by atoms with Crippen LogP contribution >= 0.6 is 0 Å². The van der Waals surface area contributed by atoms with E-state index in [0.29, 0.717) is 25.5 Å². The largest absolute Gasteiger partial charge is 0.379 e. The molecule has 1 fully saturated rings. The SMILES string of the molecule is CC(C)OCCCNC(=O)C1CC(=O)N(c2n[nH]c3ccccc23)C1. The summed E-state index contributed by atoms with van der Waals surface area (Å²) in [6.45, 7) is 5.50. The van der Waals surface area contributed by atoms with Crippen molar-refractivity contribution in [2.75, 3.05) is 24.6 Å². The molecule has 0 aliphatic carbocycles. The summed E-state index contributed by atoms with van der Waals surface area (Å²) < 4.78 is 5.45.